The number of amides is 2. The van der Waals surface area contributed by atoms with E-state index in [0.29, 0.717) is 29.3 Å². The smallest absolute Gasteiger partial charge is 0.291 e. The summed E-state index contributed by atoms with van der Waals surface area (Å²) in [4.78, 5) is 24.4. The molecule has 0 aliphatic carbocycles. The second-order valence-corrected chi connectivity index (χ2v) is 6.41. The van der Waals surface area contributed by atoms with Gasteiger partial charge >= 0.3 is 0 Å². The van der Waals surface area contributed by atoms with Crippen LogP contribution in [-0.2, 0) is 6.54 Å². The topological polar surface area (TPSA) is 89.8 Å². The van der Waals surface area contributed by atoms with Gasteiger partial charge in [-0.2, -0.15) is 0 Å². The molecule has 0 atom stereocenters. The van der Waals surface area contributed by atoms with E-state index in [-0.39, 0.29) is 22.6 Å². The Morgan fingerprint density at radius 2 is 1.79 bits per heavy atom. The Kier molecular flexibility index (Phi) is 6.41. The Morgan fingerprint density at radius 1 is 1.03 bits per heavy atom. The normalized spacial score (nSPS) is 10.3. The standard InChI is InChI=1S/C21H19ClN2O5/c1-27-18-11-14(10-16(22)19(18)28-2)20(25)23-12-13-5-7-15(8-6-13)24-21(26)17-4-3-9-29-17/h3-11H,12H2,1-2H3,(H,23,25)(H,24,26). The largest absolute Gasteiger partial charge is 0.493 e. The first-order valence-electron chi connectivity index (χ1n) is 8.65. The van der Waals surface area contributed by atoms with Gasteiger partial charge in [-0.1, -0.05) is 23.7 Å². The number of benzene rings is 2. The van der Waals surface area contributed by atoms with Gasteiger partial charge in [0, 0.05) is 17.8 Å². The van der Waals surface area contributed by atoms with Crippen LogP contribution < -0.4 is 20.1 Å². The molecule has 8 heteroatoms. The van der Waals surface area contributed by atoms with Gasteiger partial charge in [0.1, 0.15) is 0 Å². The van der Waals surface area contributed by atoms with Gasteiger partial charge in [-0.3, -0.25) is 9.59 Å². The molecule has 0 saturated carbocycles. The molecule has 29 heavy (non-hydrogen) atoms. The van der Waals surface area contributed by atoms with E-state index in [1.807, 2.05) is 0 Å². The lowest BCUT2D eigenvalue weighted by Crippen LogP contribution is -2.23. The van der Waals surface area contributed by atoms with Gasteiger partial charge in [0.25, 0.3) is 11.8 Å². The maximum Gasteiger partial charge on any atom is 0.291 e. The molecule has 2 amide bonds. The maximum absolute atomic E-state index is 12.4. The predicted molar refractivity (Wildman–Crippen MR) is 109 cm³/mol. The van der Waals surface area contributed by atoms with Crippen molar-refractivity contribution >= 4 is 29.1 Å². The summed E-state index contributed by atoms with van der Waals surface area (Å²) in [6.07, 6.45) is 1.44. The quantitative estimate of drug-likeness (QED) is 0.606. The van der Waals surface area contributed by atoms with Gasteiger partial charge < -0.3 is 24.5 Å². The van der Waals surface area contributed by atoms with Crippen LogP contribution in [0.2, 0.25) is 5.02 Å². The summed E-state index contributed by atoms with van der Waals surface area (Å²) < 4.78 is 15.4. The predicted octanol–water partition coefficient (Wildman–Crippen LogP) is 4.13. The van der Waals surface area contributed by atoms with Crippen LogP contribution in [0.5, 0.6) is 11.5 Å². The van der Waals surface area contributed by atoms with Crippen molar-refractivity contribution in [3.05, 3.63) is 76.7 Å². The molecule has 1 heterocycles. The van der Waals surface area contributed by atoms with Gasteiger partial charge in [0.05, 0.1) is 25.5 Å². The highest BCUT2D eigenvalue weighted by atomic mass is 35.5. The van der Waals surface area contributed by atoms with Crippen molar-refractivity contribution in [1.29, 1.82) is 0 Å². The van der Waals surface area contributed by atoms with Crippen LogP contribution in [0.3, 0.4) is 0 Å². The number of methoxy groups -OCH3 is 2. The van der Waals surface area contributed by atoms with Gasteiger partial charge in [-0.25, -0.2) is 0 Å². The molecule has 7 nitrogen and oxygen atoms in total. The van der Waals surface area contributed by atoms with Gasteiger partial charge in [0.2, 0.25) is 0 Å². The Labute approximate surface area is 172 Å². The van der Waals surface area contributed by atoms with Crippen molar-refractivity contribution in [2.75, 3.05) is 19.5 Å². The molecule has 3 aromatic rings. The van der Waals surface area contributed by atoms with E-state index in [9.17, 15) is 9.59 Å². The number of carbonyl (C=O) groups excluding carboxylic acids is 2. The molecule has 2 aromatic carbocycles. The zero-order valence-electron chi connectivity index (χ0n) is 15.8. The van der Waals surface area contributed by atoms with Crippen LogP contribution in [-0.4, -0.2) is 26.0 Å². The van der Waals surface area contributed by atoms with Crippen LogP contribution in [0.1, 0.15) is 26.5 Å². The monoisotopic (exact) mass is 414 g/mol. The number of anilines is 1. The molecule has 0 unspecified atom stereocenters. The minimum absolute atomic E-state index is 0.231. The molecule has 0 aliphatic heterocycles. The van der Waals surface area contributed by atoms with Crippen molar-refractivity contribution in [3.63, 3.8) is 0 Å². The number of rotatable bonds is 7. The van der Waals surface area contributed by atoms with Crippen LogP contribution in [0.15, 0.2) is 59.2 Å². The molecule has 3 rings (SSSR count). The molecule has 0 radical (unpaired) electrons. The third kappa shape index (κ3) is 4.89. The number of nitrogens with one attached hydrogen (secondary N) is 2. The first-order chi connectivity index (χ1) is 14.0. The lowest BCUT2D eigenvalue weighted by atomic mass is 10.1. The third-order valence-electron chi connectivity index (χ3n) is 4.11. The van der Waals surface area contributed by atoms with E-state index in [1.165, 1.54) is 26.5 Å². The fourth-order valence-electron chi connectivity index (χ4n) is 2.64. The number of hydrogen-bond donors (Lipinski definition) is 2. The number of ether oxygens (including phenoxy) is 2. The van der Waals surface area contributed by atoms with E-state index in [4.69, 9.17) is 25.5 Å². The number of carbonyl (C=O) groups is 2. The van der Waals surface area contributed by atoms with Crippen LogP contribution in [0, 0.1) is 0 Å². The van der Waals surface area contributed by atoms with Crippen molar-refractivity contribution in [2.24, 2.45) is 0 Å². The van der Waals surface area contributed by atoms with Crippen molar-refractivity contribution in [3.8, 4) is 11.5 Å². The lowest BCUT2D eigenvalue weighted by molar-refractivity contribution is 0.0949. The molecule has 0 bridgehead atoms. The number of hydrogen-bond acceptors (Lipinski definition) is 5. The second kappa shape index (κ2) is 9.16. The zero-order chi connectivity index (χ0) is 20.8. The van der Waals surface area contributed by atoms with Crippen LogP contribution >= 0.6 is 11.6 Å². The summed E-state index contributed by atoms with van der Waals surface area (Å²) in [5, 5.41) is 5.83. The Balaban J connectivity index is 1.60. The molecule has 0 saturated heterocycles. The molecule has 2 N–H and O–H groups in total. The highest BCUT2D eigenvalue weighted by Crippen LogP contribution is 2.35. The Morgan fingerprint density at radius 3 is 2.41 bits per heavy atom. The van der Waals surface area contributed by atoms with E-state index >= 15 is 0 Å². The van der Waals surface area contributed by atoms with E-state index in [2.05, 4.69) is 10.6 Å². The van der Waals surface area contributed by atoms with Gasteiger partial charge in [-0.15, -0.1) is 0 Å². The summed E-state index contributed by atoms with van der Waals surface area (Å²) in [7, 11) is 2.95. The van der Waals surface area contributed by atoms with E-state index in [0.717, 1.165) is 5.56 Å². The molecule has 150 valence electrons. The van der Waals surface area contributed by atoms with Crippen molar-refractivity contribution in [2.45, 2.75) is 6.54 Å². The van der Waals surface area contributed by atoms with E-state index < -0.39 is 0 Å². The third-order valence-corrected chi connectivity index (χ3v) is 4.39. The molecule has 0 spiro atoms. The van der Waals surface area contributed by atoms with Crippen LogP contribution in [0.25, 0.3) is 0 Å². The lowest BCUT2D eigenvalue weighted by Gasteiger charge is -2.12. The summed E-state index contributed by atoms with van der Waals surface area (Å²) in [6, 6.07) is 13.4. The molecular formula is C21H19ClN2O5. The Hall–Kier alpha value is -3.45. The van der Waals surface area contributed by atoms with E-state index in [1.54, 1.807) is 42.5 Å². The second-order valence-electron chi connectivity index (χ2n) is 6.00. The minimum atomic E-state index is -0.332. The average molecular weight is 415 g/mol. The average Bonchev–Trinajstić information content (AvgIpc) is 3.27. The summed E-state index contributed by atoms with van der Waals surface area (Å²) in [6.45, 7) is 0.303. The van der Waals surface area contributed by atoms with Gasteiger partial charge in [0.15, 0.2) is 17.3 Å². The first kappa shape index (κ1) is 20.3. The van der Waals surface area contributed by atoms with Crippen LogP contribution in [0.4, 0.5) is 5.69 Å². The summed E-state index contributed by atoms with van der Waals surface area (Å²) in [5.74, 6) is 0.346. The summed E-state index contributed by atoms with van der Waals surface area (Å²) in [5.41, 5.74) is 1.84. The Bertz CT molecular complexity index is 1000. The maximum atomic E-state index is 12.4. The zero-order valence-corrected chi connectivity index (χ0v) is 16.6. The molecule has 0 aliphatic rings. The van der Waals surface area contributed by atoms with Crippen molar-refractivity contribution in [1.82, 2.24) is 5.32 Å². The van der Waals surface area contributed by atoms with Gasteiger partial charge in [-0.05, 0) is 42.0 Å². The molecule has 0 fully saturated rings. The van der Waals surface area contributed by atoms with Crippen molar-refractivity contribution < 1.29 is 23.5 Å². The fourth-order valence-corrected chi connectivity index (χ4v) is 2.93. The number of halogens is 1. The highest BCUT2D eigenvalue weighted by molar-refractivity contribution is 6.32. The minimum Gasteiger partial charge on any atom is -0.493 e. The molecule has 1 aromatic heterocycles. The SMILES string of the molecule is COc1cc(C(=O)NCc2ccc(NC(=O)c3ccco3)cc2)cc(Cl)c1OC. The first-order valence-corrected chi connectivity index (χ1v) is 9.03. The summed E-state index contributed by atoms with van der Waals surface area (Å²) >= 11 is 6.14. The highest BCUT2D eigenvalue weighted by Gasteiger charge is 2.15. The fraction of sp³-hybridized carbons (Fsp3) is 0.143. The molecular weight excluding hydrogens is 396 g/mol. The number of furan rings is 1.